The molecule has 0 fully saturated rings. The van der Waals surface area contributed by atoms with Gasteiger partial charge in [-0.2, -0.15) is 0 Å². The van der Waals surface area contributed by atoms with Gasteiger partial charge in [0.25, 0.3) is 11.6 Å². The van der Waals surface area contributed by atoms with Crippen molar-refractivity contribution in [2.24, 2.45) is 0 Å². The first-order chi connectivity index (χ1) is 10.0. The number of anilines is 1. The van der Waals surface area contributed by atoms with Crippen molar-refractivity contribution in [1.82, 2.24) is 4.98 Å². The molecule has 2 aromatic rings. The average Bonchev–Trinajstić information content (AvgIpc) is 2.47. The highest BCUT2D eigenvalue weighted by molar-refractivity contribution is 6.33. The van der Waals surface area contributed by atoms with E-state index < -0.39 is 10.8 Å². The molecule has 0 radical (unpaired) electrons. The molecular formula is C13H10ClN3O4. The summed E-state index contributed by atoms with van der Waals surface area (Å²) in [4.78, 5) is 26.0. The number of carbonyl (C=O) groups is 1. The van der Waals surface area contributed by atoms with Crippen LogP contribution in [0.4, 0.5) is 11.4 Å². The van der Waals surface area contributed by atoms with Crippen LogP contribution in [0.5, 0.6) is 5.88 Å². The van der Waals surface area contributed by atoms with Crippen molar-refractivity contribution in [2.75, 3.05) is 12.4 Å². The van der Waals surface area contributed by atoms with Crippen LogP contribution in [-0.2, 0) is 0 Å². The first-order valence-electron chi connectivity index (χ1n) is 5.76. The van der Waals surface area contributed by atoms with Gasteiger partial charge >= 0.3 is 0 Å². The number of nitro benzene ring substituents is 1. The second-order valence-electron chi connectivity index (χ2n) is 3.97. The van der Waals surface area contributed by atoms with Gasteiger partial charge in [-0.1, -0.05) is 11.6 Å². The lowest BCUT2D eigenvalue weighted by molar-refractivity contribution is -0.384. The second-order valence-corrected chi connectivity index (χ2v) is 4.37. The van der Waals surface area contributed by atoms with Gasteiger partial charge in [0.05, 0.1) is 23.9 Å². The van der Waals surface area contributed by atoms with E-state index in [-0.39, 0.29) is 16.3 Å². The number of benzene rings is 1. The summed E-state index contributed by atoms with van der Waals surface area (Å²) in [6.45, 7) is 0. The maximum Gasteiger partial charge on any atom is 0.287 e. The highest BCUT2D eigenvalue weighted by atomic mass is 35.5. The standard InChI is InChI=1S/C13H10ClN3O4/c1-21-12-5-3-9(7-15-12)16-13(18)8-2-4-11(17(19)20)10(14)6-8/h2-7H,1H3,(H,16,18). The van der Waals surface area contributed by atoms with Gasteiger partial charge in [-0.15, -0.1) is 0 Å². The number of carbonyl (C=O) groups excluding carboxylic acids is 1. The van der Waals surface area contributed by atoms with E-state index in [1.54, 1.807) is 12.1 Å². The smallest absolute Gasteiger partial charge is 0.287 e. The highest BCUT2D eigenvalue weighted by Crippen LogP contribution is 2.25. The van der Waals surface area contributed by atoms with Crippen LogP contribution in [0.3, 0.4) is 0 Å². The Morgan fingerprint density at radius 1 is 1.38 bits per heavy atom. The summed E-state index contributed by atoms with van der Waals surface area (Å²) < 4.78 is 4.91. The fraction of sp³-hybridized carbons (Fsp3) is 0.0769. The number of aromatic nitrogens is 1. The molecule has 1 heterocycles. The molecule has 21 heavy (non-hydrogen) atoms. The number of amides is 1. The Kier molecular flexibility index (Phi) is 4.34. The largest absolute Gasteiger partial charge is 0.481 e. The minimum Gasteiger partial charge on any atom is -0.481 e. The summed E-state index contributed by atoms with van der Waals surface area (Å²) in [5.74, 6) is -0.0230. The third-order valence-corrected chi connectivity index (χ3v) is 2.91. The third kappa shape index (κ3) is 3.46. The molecule has 1 aromatic carbocycles. The molecule has 0 aliphatic rings. The van der Waals surface area contributed by atoms with Crippen molar-refractivity contribution >= 4 is 28.9 Å². The van der Waals surface area contributed by atoms with Gasteiger partial charge in [0.1, 0.15) is 5.02 Å². The first-order valence-corrected chi connectivity index (χ1v) is 6.14. The Morgan fingerprint density at radius 3 is 2.67 bits per heavy atom. The van der Waals surface area contributed by atoms with E-state index in [4.69, 9.17) is 16.3 Å². The Hall–Kier alpha value is -2.67. The van der Waals surface area contributed by atoms with Crippen LogP contribution in [0.15, 0.2) is 36.5 Å². The summed E-state index contributed by atoms with van der Waals surface area (Å²) in [6.07, 6.45) is 1.43. The quantitative estimate of drug-likeness (QED) is 0.692. The van der Waals surface area contributed by atoms with Crippen molar-refractivity contribution < 1.29 is 14.5 Å². The SMILES string of the molecule is COc1ccc(NC(=O)c2ccc([N+](=O)[O-])c(Cl)c2)cn1. The molecule has 7 nitrogen and oxygen atoms in total. The molecule has 1 aromatic heterocycles. The molecule has 2 rings (SSSR count). The Labute approximate surface area is 124 Å². The van der Waals surface area contributed by atoms with Gasteiger partial charge in [0, 0.05) is 17.7 Å². The molecule has 0 spiro atoms. The summed E-state index contributed by atoms with van der Waals surface area (Å²) in [6, 6.07) is 6.97. The topological polar surface area (TPSA) is 94.4 Å². The predicted octanol–water partition coefficient (Wildman–Crippen LogP) is 2.90. The number of rotatable bonds is 4. The molecule has 0 atom stereocenters. The van der Waals surface area contributed by atoms with Gasteiger partial charge in [-0.3, -0.25) is 14.9 Å². The lowest BCUT2D eigenvalue weighted by atomic mass is 10.2. The number of halogens is 1. The number of nitrogens with zero attached hydrogens (tertiary/aromatic N) is 2. The number of methoxy groups -OCH3 is 1. The number of pyridine rings is 1. The minimum absolute atomic E-state index is 0.0968. The number of hydrogen-bond donors (Lipinski definition) is 1. The highest BCUT2D eigenvalue weighted by Gasteiger charge is 2.15. The number of nitrogens with one attached hydrogen (secondary N) is 1. The van der Waals surface area contributed by atoms with E-state index in [1.165, 1.54) is 31.5 Å². The maximum absolute atomic E-state index is 12.0. The van der Waals surface area contributed by atoms with Gasteiger partial charge in [-0.25, -0.2) is 4.98 Å². The minimum atomic E-state index is -0.614. The molecule has 8 heteroatoms. The monoisotopic (exact) mass is 307 g/mol. The van der Waals surface area contributed by atoms with Crippen molar-refractivity contribution in [3.63, 3.8) is 0 Å². The molecule has 1 amide bonds. The summed E-state index contributed by atoms with van der Waals surface area (Å²) in [5, 5.41) is 13.2. The number of hydrogen-bond acceptors (Lipinski definition) is 5. The zero-order chi connectivity index (χ0) is 15.4. The van der Waals surface area contributed by atoms with Crippen molar-refractivity contribution in [2.45, 2.75) is 0 Å². The Balaban J connectivity index is 2.16. The van der Waals surface area contributed by atoms with Crippen molar-refractivity contribution in [3.8, 4) is 5.88 Å². The predicted molar refractivity (Wildman–Crippen MR) is 76.8 cm³/mol. The summed E-state index contributed by atoms with van der Waals surface area (Å²) >= 11 is 5.76. The van der Waals surface area contributed by atoms with Gasteiger partial charge in [-0.05, 0) is 18.2 Å². The van der Waals surface area contributed by atoms with Crippen molar-refractivity contribution in [3.05, 3.63) is 57.2 Å². The Bertz CT molecular complexity index is 688. The van der Waals surface area contributed by atoms with Crippen LogP contribution < -0.4 is 10.1 Å². The Morgan fingerprint density at radius 2 is 2.14 bits per heavy atom. The maximum atomic E-state index is 12.0. The zero-order valence-corrected chi connectivity index (χ0v) is 11.6. The first kappa shape index (κ1) is 14.7. The average molecular weight is 308 g/mol. The van der Waals surface area contributed by atoms with E-state index in [0.717, 1.165) is 0 Å². The van der Waals surface area contributed by atoms with E-state index in [0.29, 0.717) is 11.6 Å². The summed E-state index contributed by atoms with van der Waals surface area (Å²) in [5.41, 5.74) is 0.427. The van der Waals surface area contributed by atoms with Crippen LogP contribution in [0.2, 0.25) is 5.02 Å². The van der Waals surface area contributed by atoms with Crippen LogP contribution in [0, 0.1) is 10.1 Å². The normalized spacial score (nSPS) is 10.0. The lowest BCUT2D eigenvalue weighted by Crippen LogP contribution is -2.12. The molecule has 108 valence electrons. The number of nitro groups is 1. The molecule has 0 saturated carbocycles. The molecule has 1 N–H and O–H groups in total. The molecule has 0 aliphatic heterocycles. The van der Waals surface area contributed by atoms with E-state index in [2.05, 4.69) is 10.3 Å². The second kappa shape index (κ2) is 6.19. The molecule has 0 saturated heterocycles. The van der Waals surface area contributed by atoms with E-state index in [1.807, 2.05) is 0 Å². The summed E-state index contributed by atoms with van der Waals surface area (Å²) in [7, 11) is 1.49. The van der Waals surface area contributed by atoms with Gasteiger partial charge in [0.15, 0.2) is 0 Å². The number of ether oxygens (including phenoxy) is 1. The van der Waals surface area contributed by atoms with Crippen molar-refractivity contribution in [1.29, 1.82) is 0 Å². The fourth-order valence-electron chi connectivity index (χ4n) is 1.57. The van der Waals surface area contributed by atoms with Crippen LogP contribution in [0.25, 0.3) is 0 Å². The van der Waals surface area contributed by atoms with Gasteiger partial charge in [0.2, 0.25) is 5.88 Å². The van der Waals surface area contributed by atoms with Crippen LogP contribution in [0.1, 0.15) is 10.4 Å². The van der Waals surface area contributed by atoms with Crippen LogP contribution in [-0.4, -0.2) is 22.9 Å². The molecule has 0 unspecified atom stereocenters. The third-order valence-electron chi connectivity index (χ3n) is 2.61. The lowest BCUT2D eigenvalue weighted by Gasteiger charge is -2.06. The van der Waals surface area contributed by atoms with E-state index in [9.17, 15) is 14.9 Å². The molecule has 0 bridgehead atoms. The molecular weight excluding hydrogens is 298 g/mol. The zero-order valence-electron chi connectivity index (χ0n) is 10.9. The van der Waals surface area contributed by atoms with E-state index >= 15 is 0 Å². The van der Waals surface area contributed by atoms with Crippen LogP contribution >= 0.6 is 11.6 Å². The molecule has 0 aliphatic carbocycles. The fourth-order valence-corrected chi connectivity index (χ4v) is 1.82. The van der Waals surface area contributed by atoms with Gasteiger partial charge < -0.3 is 10.1 Å².